The maximum atomic E-state index is 13.0. The molecule has 30 heavy (non-hydrogen) atoms. The van der Waals surface area contributed by atoms with Gasteiger partial charge in [-0.1, -0.05) is 37.6 Å². The van der Waals surface area contributed by atoms with Crippen LogP contribution in [0.4, 0.5) is 0 Å². The molecule has 0 N–H and O–H groups in total. The highest BCUT2D eigenvalue weighted by atomic mass is 16.2. The second-order valence-corrected chi connectivity index (χ2v) is 8.21. The van der Waals surface area contributed by atoms with Crippen LogP contribution in [0.2, 0.25) is 0 Å². The molecule has 1 fully saturated rings. The van der Waals surface area contributed by atoms with Gasteiger partial charge < -0.3 is 4.90 Å². The van der Waals surface area contributed by atoms with Gasteiger partial charge in [-0.05, 0) is 62.4 Å². The zero-order chi connectivity index (χ0) is 21.1. The molecule has 2 heterocycles. The summed E-state index contributed by atoms with van der Waals surface area (Å²) in [6.45, 7) is 6.22. The van der Waals surface area contributed by atoms with E-state index in [1.165, 1.54) is 18.4 Å². The van der Waals surface area contributed by atoms with Crippen LogP contribution in [0.25, 0.3) is 11.0 Å². The third kappa shape index (κ3) is 3.81. The first-order chi connectivity index (χ1) is 14.6. The number of carbonyl (C=O) groups is 1. The van der Waals surface area contributed by atoms with Crippen molar-refractivity contribution in [2.24, 2.45) is 0 Å². The molecule has 0 radical (unpaired) electrons. The van der Waals surface area contributed by atoms with Crippen molar-refractivity contribution < 1.29 is 4.79 Å². The first kappa shape index (κ1) is 20.5. The Morgan fingerprint density at radius 3 is 2.27 bits per heavy atom. The van der Waals surface area contributed by atoms with Crippen LogP contribution in [0.3, 0.4) is 0 Å². The number of unbranched alkanes of at least 4 members (excludes halogenated alkanes) is 1. The lowest BCUT2D eigenvalue weighted by atomic mass is 10.0. The van der Waals surface area contributed by atoms with Gasteiger partial charge in [0.1, 0.15) is 0 Å². The van der Waals surface area contributed by atoms with Gasteiger partial charge in [0.2, 0.25) is 0 Å². The number of carbonyl (C=O) groups excluding carboxylic acids is 1. The molecule has 0 bridgehead atoms. The van der Waals surface area contributed by atoms with Crippen molar-refractivity contribution in [1.29, 1.82) is 0 Å². The molecule has 1 aromatic heterocycles. The molecule has 1 aliphatic rings. The zero-order valence-electron chi connectivity index (χ0n) is 18.0. The number of hydrogen-bond donors (Lipinski definition) is 0. The summed E-state index contributed by atoms with van der Waals surface area (Å²) in [6, 6.07) is 16.2. The molecule has 5 nitrogen and oxygen atoms in total. The van der Waals surface area contributed by atoms with Crippen LogP contribution in [0.1, 0.15) is 61.5 Å². The van der Waals surface area contributed by atoms with E-state index in [0.29, 0.717) is 19.6 Å². The first-order valence-electron chi connectivity index (χ1n) is 11.2. The van der Waals surface area contributed by atoms with E-state index in [0.717, 1.165) is 35.9 Å². The zero-order valence-corrected chi connectivity index (χ0v) is 18.0. The normalized spacial score (nSPS) is 15.1. The maximum absolute atomic E-state index is 13.0. The largest absolute Gasteiger partial charge is 0.338 e. The Hall–Kier alpha value is -2.82. The Kier molecular flexibility index (Phi) is 6.07. The highest BCUT2D eigenvalue weighted by Gasteiger charge is 2.27. The van der Waals surface area contributed by atoms with Gasteiger partial charge in [-0.15, -0.1) is 0 Å². The summed E-state index contributed by atoms with van der Waals surface area (Å²) < 4.78 is 3.79. The van der Waals surface area contributed by atoms with Crippen LogP contribution in [0, 0.1) is 0 Å². The Morgan fingerprint density at radius 1 is 0.967 bits per heavy atom. The molecule has 1 saturated heterocycles. The van der Waals surface area contributed by atoms with Gasteiger partial charge in [0.25, 0.3) is 5.91 Å². The average Bonchev–Trinajstić information content (AvgIpc) is 3.08. The maximum Gasteiger partial charge on any atom is 0.329 e. The van der Waals surface area contributed by atoms with Gasteiger partial charge in [-0.2, -0.15) is 0 Å². The van der Waals surface area contributed by atoms with Crippen LogP contribution in [0.15, 0.2) is 53.3 Å². The first-order valence-corrected chi connectivity index (χ1v) is 11.2. The highest BCUT2D eigenvalue weighted by Crippen LogP contribution is 2.26. The van der Waals surface area contributed by atoms with Gasteiger partial charge >= 0.3 is 5.69 Å². The Labute approximate surface area is 177 Å². The number of amides is 1. The minimum Gasteiger partial charge on any atom is -0.338 e. The smallest absolute Gasteiger partial charge is 0.329 e. The summed E-state index contributed by atoms with van der Waals surface area (Å²) in [5.74, 6) is 0.0961. The number of aromatic nitrogens is 2. The number of hydrogen-bond acceptors (Lipinski definition) is 2. The third-order valence-electron chi connectivity index (χ3n) is 6.32. The van der Waals surface area contributed by atoms with Crippen molar-refractivity contribution in [2.75, 3.05) is 13.1 Å². The molecule has 5 heteroatoms. The van der Waals surface area contributed by atoms with E-state index < -0.39 is 0 Å². The molecule has 1 aliphatic heterocycles. The monoisotopic (exact) mass is 405 g/mol. The van der Waals surface area contributed by atoms with Crippen LogP contribution in [0.5, 0.6) is 0 Å². The summed E-state index contributed by atoms with van der Waals surface area (Å²) in [5.41, 5.74) is 4.10. The minimum absolute atomic E-state index is 0.0612. The van der Waals surface area contributed by atoms with E-state index in [4.69, 9.17) is 0 Å². The van der Waals surface area contributed by atoms with Gasteiger partial charge in [0, 0.05) is 31.2 Å². The molecule has 1 amide bonds. The van der Waals surface area contributed by atoms with Crippen molar-refractivity contribution in [2.45, 2.75) is 58.5 Å². The molecule has 0 aliphatic carbocycles. The number of imidazole rings is 1. The van der Waals surface area contributed by atoms with Gasteiger partial charge in [0.05, 0.1) is 11.0 Å². The van der Waals surface area contributed by atoms with Crippen molar-refractivity contribution in [3.63, 3.8) is 0 Å². The number of nitrogens with zero attached hydrogens (tertiary/aromatic N) is 3. The van der Waals surface area contributed by atoms with Crippen LogP contribution >= 0.6 is 0 Å². The lowest BCUT2D eigenvalue weighted by Gasteiger charge is -2.32. The fraction of sp³-hybridized carbons (Fsp3) is 0.440. The second kappa shape index (κ2) is 8.90. The van der Waals surface area contributed by atoms with Gasteiger partial charge in [0.15, 0.2) is 0 Å². The van der Waals surface area contributed by atoms with Gasteiger partial charge in [-0.3, -0.25) is 13.9 Å². The molecule has 0 unspecified atom stereocenters. The Morgan fingerprint density at radius 2 is 1.63 bits per heavy atom. The molecule has 0 atom stereocenters. The summed E-state index contributed by atoms with van der Waals surface area (Å²) >= 11 is 0. The number of benzene rings is 2. The molecule has 0 spiro atoms. The molecular weight excluding hydrogens is 374 g/mol. The summed E-state index contributed by atoms with van der Waals surface area (Å²) in [5, 5.41) is 0. The minimum atomic E-state index is 0.0612. The Bertz CT molecular complexity index is 1070. The number of piperidine rings is 1. The van der Waals surface area contributed by atoms with Crippen LogP contribution in [-0.2, 0) is 13.0 Å². The summed E-state index contributed by atoms with van der Waals surface area (Å²) in [7, 11) is 0. The van der Waals surface area contributed by atoms with E-state index in [2.05, 4.69) is 19.1 Å². The summed E-state index contributed by atoms with van der Waals surface area (Å²) in [4.78, 5) is 27.9. The van der Waals surface area contributed by atoms with Crippen molar-refractivity contribution in [3.8, 4) is 0 Å². The quantitative estimate of drug-likeness (QED) is 0.600. The number of likely N-dealkylation sites (tertiary alicyclic amines) is 1. The lowest BCUT2D eigenvalue weighted by molar-refractivity contribution is 0.0694. The number of para-hydroxylation sites is 2. The van der Waals surface area contributed by atoms with E-state index in [9.17, 15) is 9.59 Å². The van der Waals surface area contributed by atoms with Crippen LogP contribution < -0.4 is 5.69 Å². The predicted octanol–water partition coefficient (Wildman–Crippen LogP) is 4.64. The van der Waals surface area contributed by atoms with E-state index in [1.54, 1.807) is 0 Å². The molecule has 0 saturated carbocycles. The topological polar surface area (TPSA) is 47.2 Å². The number of fused-ring (bicyclic) bond motifs is 1. The molecule has 3 aromatic rings. The fourth-order valence-electron chi connectivity index (χ4n) is 4.60. The van der Waals surface area contributed by atoms with Gasteiger partial charge in [-0.25, -0.2) is 4.79 Å². The Balaban J connectivity index is 1.47. The third-order valence-corrected chi connectivity index (χ3v) is 6.32. The fourth-order valence-corrected chi connectivity index (χ4v) is 4.60. The molecule has 4 rings (SSSR count). The van der Waals surface area contributed by atoms with Crippen LogP contribution in [-0.4, -0.2) is 33.0 Å². The second-order valence-electron chi connectivity index (χ2n) is 8.21. The van der Waals surface area contributed by atoms with E-state index >= 15 is 0 Å². The van der Waals surface area contributed by atoms with Crippen molar-refractivity contribution in [1.82, 2.24) is 14.0 Å². The molecular formula is C25H31N3O2. The average molecular weight is 406 g/mol. The van der Waals surface area contributed by atoms with E-state index in [1.807, 2.05) is 57.4 Å². The number of aryl methyl sites for hydroxylation is 2. The predicted molar refractivity (Wildman–Crippen MR) is 121 cm³/mol. The SMILES string of the molecule is CCCCc1ccc(C(=O)N2CCC(n3c(=O)n(CC)c4ccccc43)CC2)cc1. The molecule has 2 aromatic carbocycles. The van der Waals surface area contributed by atoms with Crippen molar-refractivity contribution >= 4 is 16.9 Å². The standard InChI is InChI=1S/C25H31N3O2/c1-3-5-8-19-11-13-20(14-12-19)24(29)26-17-15-21(16-18-26)28-23-10-7-6-9-22(23)27(4-2)25(28)30/h6-7,9-14,21H,3-5,8,15-18H2,1-2H3. The molecule has 158 valence electrons. The van der Waals surface area contributed by atoms with Crippen molar-refractivity contribution in [3.05, 3.63) is 70.1 Å². The summed E-state index contributed by atoms with van der Waals surface area (Å²) in [6.07, 6.45) is 5.02. The highest BCUT2D eigenvalue weighted by molar-refractivity contribution is 5.94. The lowest BCUT2D eigenvalue weighted by Crippen LogP contribution is -2.41. The van der Waals surface area contributed by atoms with E-state index in [-0.39, 0.29) is 17.6 Å². The number of rotatable bonds is 6.